The van der Waals surface area contributed by atoms with Crippen molar-refractivity contribution in [3.05, 3.63) is 89.0 Å². The fourth-order valence-corrected chi connectivity index (χ4v) is 4.43. The molecule has 0 spiro atoms. The molecule has 0 saturated carbocycles. The van der Waals surface area contributed by atoms with E-state index < -0.39 is 10.0 Å². The lowest BCUT2D eigenvalue weighted by molar-refractivity contribution is 0.0947. The SMILES string of the molecule is CCOc1ccccc1N(Cc1ccc(C(=O)NCCOc2cc(C)ccc2C)cc1)S(C)(=O)=O. The standard InChI is InChI=1S/C27H32N2O5S/c1-5-33-25-9-7-6-8-24(25)29(35(4,31)32)19-22-12-14-23(15-13-22)27(30)28-16-17-34-26-18-20(2)10-11-21(26)3/h6-15,18H,5,16-17,19H2,1-4H3,(H,28,30). The number of sulfonamides is 1. The Morgan fingerprint density at radius 1 is 0.943 bits per heavy atom. The molecule has 0 fully saturated rings. The summed E-state index contributed by atoms with van der Waals surface area (Å²) in [4.78, 5) is 12.5. The molecule has 186 valence electrons. The smallest absolute Gasteiger partial charge is 0.251 e. The summed E-state index contributed by atoms with van der Waals surface area (Å²) in [5.74, 6) is 1.09. The largest absolute Gasteiger partial charge is 0.492 e. The van der Waals surface area contributed by atoms with Gasteiger partial charge >= 0.3 is 0 Å². The minimum Gasteiger partial charge on any atom is -0.492 e. The maximum Gasteiger partial charge on any atom is 0.251 e. The summed E-state index contributed by atoms with van der Waals surface area (Å²) >= 11 is 0. The molecule has 0 radical (unpaired) electrons. The third kappa shape index (κ3) is 7.23. The molecule has 0 aliphatic heterocycles. The van der Waals surface area contributed by atoms with Crippen molar-refractivity contribution in [2.45, 2.75) is 27.3 Å². The quantitative estimate of drug-likeness (QED) is 0.396. The Hall–Kier alpha value is -3.52. The lowest BCUT2D eigenvalue weighted by atomic mass is 10.1. The zero-order chi connectivity index (χ0) is 25.4. The molecule has 8 heteroatoms. The summed E-state index contributed by atoms with van der Waals surface area (Å²) in [6, 6.07) is 19.9. The molecule has 1 amide bonds. The number of benzene rings is 3. The van der Waals surface area contributed by atoms with Crippen LogP contribution in [0.4, 0.5) is 5.69 Å². The monoisotopic (exact) mass is 496 g/mol. The van der Waals surface area contributed by atoms with Gasteiger partial charge in [-0.25, -0.2) is 8.42 Å². The first-order valence-corrected chi connectivity index (χ1v) is 13.3. The van der Waals surface area contributed by atoms with Crippen LogP contribution in [0.25, 0.3) is 0 Å². The molecule has 1 N–H and O–H groups in total. The zero-order valence-corrected chi connectivity index (χ0v) is 21.4. The average molecular weight is 497 g/mol. The van der Waals surface area contributed by atoms with Gasteiger partial charge in [-0.1, -0.05) is 36.4 Å². The third-order valence-corrected chi connectivity index (χ3v) is 6.49. The molecule has 0 aliphatic carbocycles. The first kappa shape index (κ1) is 26.1. The molecular formula is C27H32N2O5S. The van der Waals surface area contributed by atoms with Crippen LogP contribution < -0.4 is 19.1 Å². The maximum atomic E-state index is 12.6. The number of anilines is 1. The van der Waals surface area contributed by atoms with Crippen molar-refractivity contribution in [1.29, 1.82) is 0 Å². The summed E-state index contributed by atoms with van der Waals surface area (Å²) in [5, 5.41) is 2.85. The lowest BCUT2D eigenvalue weighted by Crippen LogP contribution is -2.30. The molecule has 0 aliphatic rings. The molecule has 0 aromatic heterocycles. The van der Waals surface area contributed by atoms with Crippen molar-refractivity contribution in [3.63, 3.8) is 0 Å². The molecular weight excluding hydrogens is 464 g/mol. The van der Waals surface area contributed by atoms with Crippen LogP contribution in [0.3, 0.4) is 0 Å². The Morgan fingerprint density at radius 2 is 1.66 bits per heavy atom. The van der Waals surface area contributed by atoms with Gasteiger partial charge in [0, 0.05) is 5.56 Å². The molecule has 0 unspecified atom stereocenters. The van der Waals surface area contributed by atoms with Crippen molar-refractivity contribution >= 4 is 21.6 Å². The van der Waals surface area contributed by atoms with Gasteiger partial charge in [0.1, 0.15) is 18.1 Å². The van der Waals surface area contributed by atoms with Crippen LogP contribution in [0.15, 0.2) is 66.7 Å². The highest BCUT2D eigenvalue weighted by Crippen LogP contribution is 2.31. The highest BCUT2D eigenvalue weighted by Gasteiger charge is 2.21. The van der Waals surface area contributed by atoms with E-state index in [0.717, 1.165) is 28.7 Å². The van der Waals surface area contributed by atoms with Gasteiger partial charge in [0.05, 0.1) is 31.6 Å². The van der Waals surface area contributed by atoms with Gasteiger partial charge in [0.15, 0.2) is 0 Å². The van der Waals surface area contributed by atoms with Crippen molar-refractivity contribution in [2.24, 2.45) is 0 Å². The van der Waals surface area contributed by atoms with E-state index in [2.05, 4.69) is 5.32 Å². The van der Waals surface area contributed by atoms with Gasteiger partial charge in [-0.3, -0.25) is 9.10 Å². The highest BCUT2D eigenvalue weighted by atomic mass is 32.2. The molecule has 0 atom stereocenters. The normalized spacial score (nSPS) is 11.1. The van der Waals surface area contributed by atoms with Crippen molar-refractivity contribution < 1.29 is 22.7 Å². The number of aryl methyl sites for hydroxylation is 2. The van der Waals surface area contributed by atoms with Crippen LogP contribution in [0.2, 0.25) is 0 Å². The number of hydrogen-bond donors (Lipinski definition) is 1. The van der Waals surface area contributed by atoms with Crippen molar-refractivity contribution in [3.8, 4) is 11.5 Å². The summed E-state index contributed by atoms with van der Waals surface area (Å²) in [5.41, 5.74) is 3.87. The van der Waals surface area contributed by atoms with Crippen LogP contribution in [0.5, 0.6) is 11.5 Å². The van der Waals surface area contributed by atoms with Crippen LogP contribution in [-0.2, 0) is 16.6 Å². The molecule has 3 rings (SSSR count). The Bertz CT molecular complexity index is 1260. The Morgan fingerprint density at radius 3 is 2.34 bits per heavy atom. The summed E-state index contributed by atoms with van der Waals surface area (Å²) in [7, 11) is -3.57. The number of hydrogen-bond acceptors (Lipinski definition) is 5. The number of rotatable bonds is 11. The molecule has 35 heavy (non-hydrogen) atoms. The number of ether oxygens (including phenoxy) is 2. The summed E-state index contributed by atoms with van der Waals surface area (Å²) in [6.07, 6.45) is 1.16. The Balaban J connectivity index is 1.62. The van der Waals surface area contributed by atoms with Crippen molar-refractivity contribution in [1.82, 2.24) is 5.32 Å². The summed E-state index contributed by atoms with van der Waals surface area (Å²) in [6.45, 7) is 7.10. The minimum absolute atomic E-state index is 0.120. The number of amides is 1. The number of para-hydroxylation sites is 2. The van der Waals surface area contributed by atoms with E-state index in [-0.39, 0.29) is 12.5 Å². The predicted octanol–water partition coefficient (Wildman–Crippen LogP) is 4.48. The second kappa shape index (κ2) is 11.8. The molecule has 0 saturated heterocycles. The van der Waals surface area contributed by atoms with E-state index in [1.807, 2.05) is 39.0 Å². The van der Waals surface area contributed by atoms with Crippen LogP contribution in [0.1, 0.15) is 34.0 Å². The molecule has 7 nitrogen and oxygen atoms in total. The van der Waals surface area contributed by atoms with E-state index >= 15 is 0 Å². The topological polar surface area (TPSA) is 84.9 Å². The second-order valence-electron chi connectivity index (χ2n) is 8.24. The third-order valence-electron chi connectivity index (χ3n) is 5.37. The minimum atomic E-state index is -3.57. The van der Waals surface area contributed by atoms with Gasteiger partial charge < -0.3 is 14.8 Å². The fraction of sp³-hybridized carbons (Fsp3) is 0.296. The maximum absolute atomic E-state index is 12.6. The van der Waals surface area contributed by atoms with E-state index in [1.54, 1.807) is 48.5 Å². The number of nitrogens with zero attached hydrogens (tertiary/aromatic N) is 1. The number of carbonyl (C=O) groups excluding carboxylic acids is 1. The first-order chi connectivity index (χ1) is 16.7. The molecule has 0 heterocycles. The Labute approximate surface area is 207 Å². The van der Waals surface area contributed by atoms with Crippen LogP contribution in [0, 0.1) is 13.8 Å². The van der Waals surface area contributed by atoms with Crippen LogP contribution >= 0.6 is 0 Å². The van der Waals surface area contributed by atoms with E-state index in [4.69, 9.17) is 9.47 Å². The van der Waals surface area contributed by atoms with E-state index in [1.165, 1.54) is 4.31 Å². The Kier molecular flexibility index (Phi) is 8.76. The van der Waals surface area contributed by atoms with E-state index in [9.17, 15) is 13.2 Å². The fourth-order valence-electron chi connectivity index (χ4n) is 3.54. The molecule has 3 aromatic carbocycles. The zero-order valence-electron chi connectivity index (χ0n) is 20.6. The van der Waals surface area contributed by atoms with Crippen molar-refractivity contribution in [2.75, 3.05) is 30.3 Å². The van der Waals surface area contributed by atoms with Gasteiger partial charge in [-0.15, -0.1) is 0 Å². The lowest BCUT2D eigenvalue weighted by Gasteiger charge is -2.24. The first-order valence-electron chi connectivity index (χ1n) is 11.5. The van der Waals surface area contributed by atoms with E-state index in [0.29, 0.717) is 36.8 Å². The van der Waals surface area contributed by atoms with Gasteiger partial charge in [-0.2, -0.15) is 0 Å². The van der Waals surface area contributed by atoms with Gasteiger partial charge in [-0.05, 0) is 67.8 Å². The molecule has 3 aromatic rings. The van der Waals surface area contributed by atoms with Gasteiger partial charge in [0.25, 0.3) is 5.91 Å². The molecule has 0 bridgehead atoms. The van der Waals surface area contributed by atoms with Gasteiger partial charge in [0.2, 0.25) is 10.0 Å². The average Bonchev–Trinajstić information content (AvgIpc) is 2.82. The second-order valence-corrected chi connectivity index (χ2v) is 10.1. The number of nitrogens with one attached hydrogen (secondary N) is 1. The summed E-state index contributed by atoms with van der Waals surface area (Å²) < 4.78 is 37.8. The highest BCUT2D eigenvalue weighted by molar-refractivity contribution is 7.92. The number of carbonyl (C=O) groups is 1. The predicted molar refractivity (Wildman–Crippen MR) is 139 cm³/mol. The van der Waals surface area contributed by atoms with Crippen LogP contribution in [-0.4, -0.2) is 40.3 Å².